The van der Waals surface area contributed by atoms with Gasteiger partial charge in [-0.1, -0.05) is 11.6 Å². The molecule has 1 aliphatic rings. The fourth-order valence-electron chi connectivity index (χ4n) is 1.71. The number of aliphatic hydroxyl groups is 2. The van der Waals surface area contributed by atoms with Crippen molar-refractivity contribution in [3.05, 3.63) is 27.5 Å². The molecule has 0 saturated heterocycles. The van der Waals surface area contributed by atoms with Crippen LogP contribution in [0, 0.1) is 6.92 Å². The Morgan fingerprint density at radius 1 is 0.833 bits per heavy atom. The minimum absolute atomic E-state index is 0.0109. The molecule has 0 fully saturated rings. The van der Waals surface area contributed by atoms with Gasteiger partial charge in [-0.3, -0.25) is 9.59 Å². The van der Waals surface area contributed by atoms with Crippen molar-refractivity contribution in [2.45, 2.75) is 6.92 Å². The molecule has 0 radical (unpaired) electrons. The van der Waals surface area contributed by atoms with Crippen LogP contribution in [-0.2, 0) is 4.79 Å². The number of fused-ring (bicyclic) bond motifs is 1. The number of ketones is 2. The van der Waals surface area contributed by atoms with Gasteiger partial charge >= 0.3 is 0 Å². The van der Waals surface area contributed by atoms with E-state index >= 15 is 0 Å². The van der Waals surface area contributed by atoms with Gasteiger partial charge in [0.1, 0.15) is 11.5 Å². The molecular formula is C11H7ClO6. The third-order valence-electron chi connectivity index (χ3n) is 2.73. The van der Waals surface area contributed by atoms with Gasteiger partial charge in [-0.05, 0) is 6.92 Å². The van der Waals surface area contributed by atoms with Crippen molar-refractivity contribution in [3.8, 4) is 11.5 Å². The van der Waals surface area contributed by atoms with Crippen LogP contribution in [0.15, 0.2) is 5.76 Å². The van der Waals surface area contributed by atoms with Crippen LogP contribution >= 0.6 is 11.6 Å². The first kappa shape index (κ1) is 12.3. The number of aliphatic hydroxyl groups excluding tert-OH is 2. The highest BCUT2D eigenvalue weighted by atomic mass is 35.5. The summed E-state index contributed by atoms with van der Waals surface area (Å²) in [5, 5.41) is 38.0. The second-order valence-electron chi connectivity index (χ2n) is 3.74. The molecule has 1 aromatic rings. The average Bonchev–Trinajstić information content (AvgIpc) is 2.35. The van der Waals surface area contributed by atoms with Crippen LogP contribution < -0.4 is 0 Å². The van der Waals surface area contributed by atoms with Crippen molar-refractivity contribution < 1.29 is 30.0 Å². The van der Waals surface area contributed by atoms with E-state index in [0.29, 0.717) is 0 Å². The van der Waals surface area contributed by atoms with Crippen LogP contribution in [0.2, 0.25) is 5.02 Å². The fourth-order valence-corrected chi connectivity index (χ4v) is 1.90. The van der Waals surface area contributed by atoms with Gasteiger partial charge in [0, 0.05) is 5.56 Å². The van der Waals surface area contributed by atoms with E-state index in [9.17, 15) is 30.0 Å². The normalized spacial score (nSPS) is 15.0. The number of phenolic OH excluding ortho intramolecular Hbond substituents is 2. The van der Waals surface area contributed by atoms with Gasteiger partial charge < -0.3 is 20.4 Å². The van der Waals surface area contributed by atoms with Crippen molar-refractivity contribution in [3.63, 3.8) is 0 Å². The number of allylic oxidation sites excluding steroid dienone is 1. The second kappa shape index (κ2) is 3.64. The lowest BCUT2D eigenvalue weighted by Gasteiger charge is -2.19. The summed E-state index contributed by atoms with van der Waals surface area (Å²) in [6.07, 6.45) is 0. The van der Waals surface area contributed by atoms with E-state index in [1.807, 2.05) is 0 Å². The van der Waals surface area contributed by atoms with Gasteiger partial charge in [-0.2, -0.15) is 0 Å². The maximum Gasteiger partial charge on any atom is 0.271 e. The first-order valence-corrected chi connectivity index (χ1v) is 5.12. The summed E-state index contributed by atoms with van der Waals surface area (Å²) in [6.45, 7) is 1.32. The Hall–Kier alpha value is -2.21. The van der Waals surface area contributed by atoms with E-state index in [0.717, 1.165) is 0 Å². The van der Waals surface area contributed by atoms with E-state index < -0.39 is 45.7 Å². The second-order valence-corrected chi connectivity index (χ2v) is 4.12. The number of phenols is 2. The zero-order valence-electron chi connectivity index (χ0n) is 8.98. The largest absolute Gasteiger partial charge is 0.507 e. The number of hydrogen-bond acceptors (Lipinski definition) is 6. The Bertz CT molecular complexity index is 644. The Morgan fingerprint density at radius 3 is 1.94 bits per heavy atom. The molecule has 4 N–H and O–H groups in total. The van der Waals surface area contributed by atoms with Crippen molar-refractivity contribution in [2.24, 2.45) is 0 Å². The molecular weight excluding hydrogens is 264 g/mol. The summed E-state index contributed by atoms with van der Waals surface area (Å²) in [6, 6.07) is 0. The highest BCUT2D eigenvalue weighted by Crippen LogP contribution is 2.45. The average molecular weight is 271 g/mol. The maximum atomic E-state index is 11.6. The minimum Gasteiger partial charge on any atom is -0.507 e. The summed E-state index contributed by atoms with van der Waals surface area (Å²) in [5.74, 6) is -6.09. The van der Waals surface area contributed by atoms with Gasteiger partial charge in [-0.25, -0.2) is 0 Å². The Morgan fingerprint density at radius 2 is 1.39 bits per heavy atom. The highest BCUT2D eigenvalue weighted by molar-refractivity contribution is 6.52. The number of carbonyl (C=O) groups is 2. The van der Waals surface area contributed by atoms with E-state index in [1.54, 1.807) is 0 Å². The molecule has 2 rings (SSSR count). The summed E-state index contributed by atoms with van der Waals surface area (Å²) in [4.78, 5) is 23.0. The minimum atomic E-state index is -1.36. The Kier molecular flexibility index (Phi) is 2.48. The standard InChI is InChI=1S/C11H7ClO6/c1-2-5(12)7(14)4-3(6(2)13)8(15)10(17)11(18)9(4)16/h13-14,16,18H,1H3. The molecule has 0 unspecified atom stereocenters. The first-order chi connectivity index (χ1) is 8.29. The molecule has 0 aliphatic heterocycles. The highest BCUT2D eigenvalue weighted by Gasteiger charge is 2.39. The summed E-state index contributed by atoms with van der Waals surface area (Å²) >= 11 is 5.70. The Labute approximate surface area is 105 Å². The third-order valence-corrected chi connectivity index (χ3v) is 3.19. The number of hydrogen-bond donors (Lipinski definition) is 4. The SMILES string of the molecule is Cc1c(O)c2c(c(O)c1Cl)C(O)=C(O)C(=O)C2=O. The van der Waals surface area contributed by atoms with Crippen molar-refractivity contribution >= 4 is 28.9 Å². The van der Waals surface area contributed by atoms with Crippen LogP contribution in [0.4, 0.5) is 0 Å². The number of halogens is 1. The zero-order valence-corrected chi connectivity index (χ0v) is 9.74. The summed E-state index contributed by atoms with van der Waals surface area (Å²) in [7, 11) is 0. The molecule has 1 aromatic carbocycles. The molecule has 0 spiro atoms. The van der Waals surface area contributed by atoms with Gasteiger partial charge in [0.25, 0.3) is 5.78 Å². The molecule has 1 aliphatic carbocycles. The maximum absolute atomic E-state index is 11.6. The van der Waals surface area contributed by atoms with E-state index in [2.05, 4.69) is 0 Å². The molecule has 0 atom stereocenters. The van der Waals surface area contributed by atoms with Crippen LogP contribution in [-0.4, -0.2) is 32.0 Å². The Balaban J connectivity index is 3.01. The zero-order chi connectivity index (χ0) is 13.8. The topological polar surface area (TPSA) is 115 Å². The fraction of sp³-hybridized carbons (Fsp3) is 0.0909. The quantitative estimate of drug-likeness (QED) is 0.420. The summed E-state index contributed by atoms with van der Waals surface area (Å²) < 4.78 is 0. The lowest BCUT2D eigenvalue weighted by Crippen LogP contribution is -2.24. The van der Waals surface area contributed by atoms with Crippen LogP contribution in [0.3, 0.4) is 0 Å². The summed E-state index contributed by atoms with van der Waals surface area (Å²) in [5.41, 5.74) is -1.14. The van der Waals surface area contributed by atoms with Gasteiger partial charge in [0.05, 0.1) is 16.1 Å². The molecule has 7 heteroatoms. The van der Waals surface area contributed by atoms with Crippen LogP contribution in [0.1, 0.15) is 21.5 Å². The molecule has 0 saturated carbocycles. The molecule has 0 aromatic heterocycles. The first-order valence-electron chi connectivity index (χ1n) is 4.74. The van der Waals surface area contributed by atoms with Gasteiger partial charge in [0.15, 0.2) is 5.76 Å². The number of aromatic hydroxyl groups is 2. The van der Waals surface area contributed by atoms with Crippen LogP contribution in [0.25, 0.3) is 5.76 Å². The predicted octanol–water partition coefficient (Wildman–Crippen LogP) is 1.61. The third kappa shape index (κ3) is 1.29. The van der Waals surface area contributed by atoms with E-state index in [1.165, 1.54) is 6.92 Å². The molecule has 0 amide bonds. The lowest BCUT2D eigenvalue weighted by molar-refractivity contribution is -0.114. The lowest BCUT2D eigenvalue weighted by atomic mass is 9.89. The molecule has 0 heterocycles. The monoisotopic (exact) mass is 270 g/mol. The van der Waals surface area contributed by atoms with Crippen molar-refractivity contribution in [2.75, 3.05) is 0 Å². The van der Waals surface area contributed by atoms with Crippen LogP contribution in [0.5, 0.6) is 11.5 Å². The van der Waals surface area contributed by atoms with Gasteiger partial charge in [0.2, 0.25) is 11.5 Å². The molecule has 94 valence electrons. The van der Waals surface area contributed by atoms with Gasteiger partial charge in [-0.15, -0.1) is 0 Å². The van der Waals surface area contributed by atoms with Crippen molar-refractivity contribution in [1.29, 1.82) is 0 Å². The predicted molar refractivity (Wildman–Crippen MR) is 61.0 cm³/mol. The number of Topliss-reactive ketones (excluding diaryl/α,β-unsaturated/α-hetero) is 2. The number of rotatable bonds is 0. The molecule has 18 heavy (non-hydrogen) atoms. The van der Waals surface area contributed by atoms with E-state index in [4.69, 9.17) is 11.6 Å². The molecule has 6 nitrogen and oxygen atoms in total. The van der Waals surface area contributed by atoms with E-state index in [-0.39, 0.29) is 10.6 Å². The smallest absolute Gasteiger partial charge is 0.271 e. The number of benzene rings is 1. The van der Waals surface area contributed by atoms with Crippen molar-refractivity contribution in [1.82, 2.24) is 0 Å². The number of carbonyl (C=O) groups excluding carboxylic acids is 2. The molecule has 0 bridgehead atoms.